The molecule has 0 bridgehead atoms. The summed E-state index contributed by atoms with van der Waals surface area (Å²) in [6, 6.07) is 5.64. The summed E-state index contributed by atoms with van der Waals surface area (Å²) in [5.41, 5.74) is 0. The van der Waals surface area contributed by atoms with Crippen molar-refractivity contribution in [1.29, 1.82) is 5.26 Å². The van der Waals surface area contributed by atoms with Gasteiger partial charge in [-0.25, -0.2) is 0 Å². The highest BCUT2D eigenvalue weighted by Crippen LogP contribution is 2.27. The van der Waals surface area contributed by atoms with E-state index < -0.39 is 16.0 Å². The molecule has 1 heterocycles. The number of rotatable bonds is 5. The lowest BCUT2D eigenvalue weighted by Crippen LogP contribution is -2.29. The van der Waals surface area contributed by atoms with Crippen LogP contribution in [0.4, 0.5) is 11.9 Å². The molecule has 0 aliphatic rings. The van der Waals surface area contributed by atoms with Gasteiger partial charge in [-0.15, -0.1) is 4.31 Å². The first-order chi connectivity index (χ1) is 11.3. The minimum absolute atomic E-state index is 0.0217. The molecule has 2 aromatic rings. The Hall–Kier alpha value is -2.64. The zero-order chi connectivity index (χ0) is 17.9. The monoisotopic (exact) mass is 368 g/mol. The van der Waals surface area contributed by atoms with E-state index in [1.54, 1.807) is 26.4 Å². The Labute approximate surface area is 144 Å². The fourth-order valence-corrected chi connectivity index (χ4v) is 3.27. The van der Waals surface area contributed by atoms with E-state index in [4.69, 9.17) is 16.3 Å². The van der Waals surface area contributed by atoms with E-state index in [0.717, 1.165) is 0 Å². The summed E-state index contributed by atoms with van der Waals surface area (Å²) in [6.07, 6.45) is 1.56. The minimum Gasteiger partial charge on any atom is -0.467 e. The Balaban J connectivity index is 2.63. The second-order valence-corrected chi connectivity index (χ2v) is 6.78. The lowest BCUT2D eigenvalue weighted by Gasteiger charge is -2.17. The Bertz CT molecular complexity index is 897. The molecule has 0 aliphatic carbocycles. The lowest BCUT2D eigenvalue weighted by atomic mass is 10.4. The molecular formula is C13H13ClN6O3S. The molecule has 0 spiro atoms. The average Bonchev–Trinajstić information content (AvgIpc) is 2.55. The molecule has 0 saturated heterocycles. The van der Waals surface area contributed by atoms with Crippen LogP contribution in [-0.4, -0.2) is 44.6 Å². The van der Waals surface area contributed by atoms with Crippen LogP contribution in [0.3, 0.4) is 0 Å². The molecular weight excluding hydrogens is 356 g/mol. The quantitative estimate of drug-likeness (QED) is 0.573. The third kappa shape index (κ3) is 3.32. The Morgan fingerprint density at radius 2 is 1.79 bits per heavy atom. The van der Waals surface area contributed by atoms with E-state index in [0.29, 0.717) is 4.31 Å². The Morgan fingerprint density at radius 1 is 1.17 bits per heavy atom. The van der Waals surface area contributed by atoms with Crippen molar-refractivity contribution in [3.05, 3.63) is 29.3 Å². The molecule has 0 unspecified atom stereocenters. The van der Waals surface area contributed by atoms with Gasteiger partial charge < -0.3 is 9.64 Å². The van der Waals surface area contributed by atoms with E-state index in [1.165, 1.54) is 30.2 Å². The van der Waals surface area contributed by atoms with Gasteiger partial charge in [0, 0.05) is 14.1 Å². The van der Waals surface area contributed by atoms with Gasteiger partial charge >= 0.3 is 6.01 Å². The third-order valence-corrected chi connectivity index (χ3v) is 4.88. The number of sulfonamides is 1. The molecule has 0 radical (unpaired) electrons. The van der Waals surface area contributed by atoms with Crippen molar-refractivity contribution in [2.45, 2.75) is 4.90 Å². The van der Waals surface area contributed by atoms with Crippen molar-refractivity contribution in [2.75, 3.05) is 30.4 Å². The van der Waals surface area contributed by atoms with Gasteiger partial charge in [-0.1, -0.05) is 23.7 Å². The van der Waals surface area contributed by atoms with E-state index in [1.807, 2.05) is 0 Å². The molecule has 0 aliphatic heterocycles. The number of benzene rings is 1. The molecule has 0 N–H and O–H groups in total. The molecule has 24 heavy (non-hydrogen) atoms. The fraction of sp³-hybridized carbons (Fsp3) is 0.231. The highest BCUT2D eigenvalue weighted by molar-refractivity contribution is 7.93. The van der Waals surface area contributed by atoms with Gasteiger partial charge in [-0.3, -0.25) is 0 Å². The summed E-state index contributed by atoms with van der Waals surface area (Å²) < 4.78 is 30.8. The maximum atomic E-state index is 12.7. The van der Waals surface area contributed by atoms with Crippen LogP contribution in [0.25, 0.3) is 0 Å². The van der Waals surface area contributed by atoms with Gasteiger partial charge in [0.15, 0.2) is 0 Å². The number of aromatic nitrogens is 3. The molecule has 0 atom stereocenters. The highest BCUT2D eigenvalue weighted by Gasteiger charge is 2.30. The van der Waals surface area contributed by atoms with Crippen LogP contribution in [-0.2, 0) is 10.0 Å². The van der Waals surface area contributed by atoms with Crippen LogP contribution < -0.4 is 13.9 Å². The summed E-state index contributed by atoms with van der Waals surface area (Å²) in [5, 5.41) is 9.34. The van der Waals surface area contributed by atoms with Crippen molar-refractivity contribution in [2.24, 2.45) is 0 Å². The van der Waals surface area contributed by atoms with Gasteiger partial charge in [0.25, 0.3) is 16.0 Å². The van der Waals surface area contributed by atoms with Crippen LogP contribution in [0.2, 0.25) is 5.02 Å². The largest absolute Gasteiger partial charge is 0.467 e. The zero-order valence-corrected chi connectivity index (χ0v) is 14.6. The van der Waals surface area contributed by atoms with Gasteiger partial charge in [0.05, 0.1) is 12.1 Å². The summed E-state index contributed by atoms with van der Waals surface area (Å²) in [5.74, 6) is -0.264. The van der Waals surface area contributed by atoms with E-state index in [9.17, 15) is 13.7 Å². The highest BCUT2D eigenvalue weighted by atomic mass is 35.5. The molecule has 2 rings (SSSR count). The van der Waals surface area contributed by atoms with Gasteiger partial charge in [-0.2, -0.15) is 28.6 Å². The summed E-state index contributed by atoms with van der Waals surface area (Å²) in [6.45, 7) is 0. The second kappa shape index (κ2) is 6.86. The van der Waals surface area contributed by atoms with Crippen LogP contribution in [0, 0.1) is 11.5 Å². The molecule has 1 aromatic carbocycles. The van der Waals surface area contributed by atoms with E-state index in [2.05, 4.69) is 15.0 Å². The van der Waals surface area contributed by atoms with Gasteiger partial charge in [-0.05, 0) is 12.1 Å². The fourth-order valence-electron chi connectivity index (χ4n) is 1.68. The standard InChI is InChI=1S/C13H13ClN6O3S/c1-19(2)11-16-12(18-13(17-11)23-3)20(8-15)24(21,22)10-7-5-4-6-9(10)14/h4-7H,1-3H3. The Kier molecular flexibility index (Phi) is 5.06. The number of nitrogens with zero attached hydrogens (tertiary/aromatic N) is 6. The smallest absolute Gasteiger partial charge is 0.322 e. The first-order valence-electron chi connectivity index (χ1n) is 6.48. The SMILES string of the molecule is COc1nc(N(C)C)nc(N(C#N)S(=O)(=O)c2ccccc2Cl)n1. The summed E-state index contributed by atoms with van der Waals surface area (Å²) in [4.78, 5) is 13.1. The van der Waals surface area contributed by atoms with Crippen molar-refractivity contribution in [3.8, 4) is 12.2 Å². The number of nitriles is 1. The lowest BCUT2D eigenvalue weighted by molar-refractivity contribution is 0.379. The number of ether oxygens (including phenoxy) is 1. The average molecular weight is 369 g/mol. The maximum absolute atomic E-state index is 12.7. The molecule has 0 amide bonds. The number of halogens is 1. The Morgan fingerprint density at radius 3 is 2.33 bits per heavy atom. The van der Waals surface area contributed by atoms with Gasteiger partial charge in [0.1, 0.15) is 4.90 Å². The van der Waals surface area contributed by atoms with Crippen LogP contribution in [0.5, 0.6) is 6.01 Å². The molecule has 0 fully saturated rings. The first kappa shape index (κ1) is 17.7. The van der Waals surface area contributed by atoms with Crippen LogP contribution in [0.1, 0.15) is 0 Å². The molecule has 126 valence electrons. The summed E-state index contributed by atoms with van der Waals surface area (Å²) >= 11 is 5.94. The van der Waals surface area contributed by atoms with Crippen LogP contribution in [0.15, 0.2) is 29.2 Å². The number of methoxy groups -OCH3 is 1. The summed E-state index contributed by atoms with van der Waals surface area (Å²) in [7, 11) is 0.330. The predicted molar refractivity (Wildman–Crippen MR) is 87.4 cm³/mol. The van der Waals surface area contributed by atoms with Crippen molar-refractivity contribution in [1.82, 2.24) is 15.0 Å². The topological polar surface area (TPSA) is 112 Å². The van der Waals surface area contributed by atoms with E-state index >= 15 is 0 Å². The van der Waals surface area contributed by atoms with Crippen LogP contribution >= 0.6 is 11.6 Å². The third-order valence-electron chi connectivity index (χ3n) is 2.80. The normalized spacial score (nSPS) is 10.8. The van der Waals surface area contributed by atoms with Crippen molar-refractivity contribution < 1.29 is 13.2 Å². The number of anilines is 2. The molecule has 9 nitrogen and oxygen atoms in total. The second-order valence-electron chi connectivity index (χ2n) is 4.62. The number of hydrogen-bond acceptors (Lipinski definition) is 8. The number of hydrogen-bond donors (Lipinski definition) is 0. The minimum atomic E-state index is -4.29. The maximum Gasteiger partial charge on any atom is 0.322 e. The van der Waals surface area contributed by atoms with E-state index in [-0.39, 0.29) is 21.9 Å². The van der Waals surface area contributed by atoms with Crippen molar-refractivity contribution >= 4 is 33.5 Å². The first-order valence-corrected chi connectivity index (χ1v) is 8.30. The van der Waals surface area contributed by atoms with Gasteiger partial charge in [0.2, 0.25) is 12.1 Å². The van der Waals surface area contributed by atoms with Crippen molar-refractivity contribution in [3.63, 3.8) is 0 Å². The molecule has 0 saturated carbocycles. The molecule has 1 aromatic heterocycles. The predicted octanol–water partition coefficient (Wildman–Crippen LogP) is 1.28. The molecule has 11 heteroatoms. The zero-order valence-electron chi connectivity index (χ0n) is 13.0.